The van der Waals surface area contributed by atoms with Gasteiger partial charge in [0.15, 0.2) is 0 Å². The summed E-state index contributed by atoms with van der Waals surface area (Å²) in [5.41, 5.74) is 0.424. The standard InChI is InChI=1S/C15H27NO3/c1-4-16(10-7-14(18)19)13(17)11-12-5-8-15(2,3)9-6-12/h12H,4-11H2,1-3H3,(H,18,19). The highest BCUT2D eigenvalue weighted by Gasteiger charge is 2.28. The minimum atomic E-state index is -0.842. The van der Waals surface area contributed by atoms with E-state index >= 15 is 0 Å². The Morgan fingerprint density at radius 3 is 2.32 bits per heavy atom. The summed E-state index contributed by atoms with van der Waals surface area (Å²) in [5, 5.41) is 8.68. The molecule has 1 fully saturated rings. The number of hydrogen-bond acceptors (Lipinski definition) is 2. The van der Waals surface area contributed by atoms with Gasteiger partial charge in [-0.05, 0) is 43.9 Å². The van der Waals surface area contributed by atoms with Gasteiger partial charge in [0.1, 0.15) is 0 Å². The lowest BCUT2D eigenvalue weighted by atomic mass is 9.72. The van der Waals surface area contributed by atoms with Crippen LogP contribution in [0.3, 0.4) is 0 Å². The molecule has 0 atom stereocenters. The lowest BCUT2D eigenvalue weighted by Gasteiger charge is -2.34. The molecule has 0 radical (unpaired) electrons. The monoisotopic (exact) mass is 269 g/mol. The molecule has 1 aliphatic carbocycles. The minimum Gasteiger partial charge on any atom is -0.481 e. The SMILES string of the molecule is CCN(CCC(=O)O)C(=O)CC1CCC(C)(C)CC1. The van der Waals surface area contributed by atoms with Gasteiger partial charge in [0.25, 0.3) is 0 Å². The van der Waals surface area contributed by atoms with Crippen molar-refractivity contribution in [2.45, 2.75) is 59.3 Å². The van der Waals surface area contributed by atoms with Crippen LogP contribution in [0.5, 0.6) is 0 Å². The van der Waals surface area contributed by atoms with Gasteiger partial charge in [-0.15, -0.1) is 0 Å². The minimum absolute atomic E-state index is 0.0390. The third kappa shape index (κ3) is 5.62. The molecule has 110 valence electrons. The van der Waals surface area contributed by atoms with Crippen molar-refractivity contribution in [3.05, 3.63) is 0 Å². The highest BCUT2D eigenvalue weighted by atomic mass is 16.4. The predicted octanol–water partition coefficient (Wildman–Crippen LogP) is 2.92. The molecule has 1 aliphatic rings. The molecule has 0 aromatic heterocycles. The quantitative estimate of drug-likeness (QED) is 0.806. The zero-order valence-corrected chi connectivity index (χ0v) is 12.4. The van der Waals surface area contributed by atoms with E-state index < -0.39 is 5.97 Å². The smallest absolute Gasteiger partial charge is 0.305 e. The second-order valence-corrected chi connectivity index (χ2v) is 6.43. The van der Waals surface area contributed by atoms with Gasteiger partial charge < -0.3 is 10.0 Å². The molecular weight excluding hydrogens is 242 g/mol. The van der Waals surface area contributed by atoms with E-state index in [0.717, 1.165) is 12.8 Å². The molecule has 0 aliphatic heterocycles. The van der Waals surface area contributed by atoms with Crippen LogP contribution in [0.4, 0.5) is 0 Å². The fourth-order valence-corrected chi connectivity index (χ4v) is 2.73. The van der Waals surface area contributed by atoms with E-state index in [1.165, 1.54) is 12.8 Å². The fourth-order valence-electron chi connectivity index (χ4n) is 2.73. The van der Waals surface area contributed by atoms with Crippen LogP contribution in [0.15, 0.2) is 0 Å². The largest absolute Gasteiger partial charge is 0.481 e. The van der Waals surface area contributed by atoms with Crippen molar-refractivity contribution in [3.63, 3.8) is 0 Å². The fraction of sp³-hybridized carbons (Fsp3) is 0.867. The van der Waals surface area contributed by atoms with Gasteiger partial charge in [-0.1, -0.05) is 13.8 Å². The van der Waals surface area contributed by atoms with Crippen LogP contribution in [0, 0.1) is 11.3 Å². The van der Waals surface area contributed by atoms with E-state index in [9.17, 15) is 9.59 Å². The maximum Gasteiger partial charge on any atom is 0.305 e. The number of carboxylic acids is 1. The summed E-state index contributed by atoms with van der Waals surface area (Å²) in [5.74, 6) is -0.237. The number of nitrogens with zero attached hydrogens (tertiary/aromatic N) is 1. The zero-order chi connectivity index (χ0) is 14.5. The molecule has 0 heterocycles. The van der Waals surface area contributed by atoms with Crippen LogP contribution in [0.1, 0.15) is 59.3 Å². The first-order chi connectivity index (χ1) is 8.84. The number of carbonyl (C=O) groups is 2. The van der Waals surface area contributed by atoms with Gasteiger partial charge in [-0.3, -0.25) is 9.59 Å². The van der Waals surface area contributed by atoms with Crippen molar-refractivity contribution in [2.24, 2.45) is 11.3 Å². The van der Waals surface area contributed by atoms with Gasteiger partial charge in [0.2, 0.25) is 5.91 Å². The molecule has 1 N–H and O–H groups in total. The molecule has 0 saturated heterocycles. The second-order valence-electron chi connectivity index (χ2n) is 6.43. The van der Waals surface area contributed by atoms with Crippen molar-refractivity contribution < 1.29 is 14.7 Å². The van der Waals surface area contributed by atoms with E-state index in [1.807, 2.05) is 6.92 Å². The number of aliphatic carboxylic acids is 1. The lowest BCUT2D eigenvalue weighted by molar-refractivity contribution is -0.138. The van der Waals surface area contributed by atoms with E-state index in [-0.39, 0.29) is 12.3 Å². The van der Waals surface area contributed by atoms with Crippen LogP contribution in [0.25, 0.3) is 0 Å². The van der Waals surface area contributed by atoms with Gasteiger partial charge in [0, 0.05) is 19.5 Å². The Morgan fingerprint density at radius 2 is 1.84 bits per heavy atom. The highest BCUT2D eigenvalue weighted by Crippen LogP contribution is 2.39. The first-order valence-corrected chi connectivity index (χ1v) is 7.33. The van der Waals surface area contributed by atoms with Crippen LogP contribution in [-0.4, -0.2) is 35.0 Å². The van der Waals surface area contributed by atoms with Gasteiger partial charge in [-0.2, -0.15) is 0 Å². The molecule has 0 bridgehead atoms. The highest BCUT2D eigenvalue weighted by molar-refractivity contribution is 5.77. The van der Waals surface area contributed by atoms with Crippen LogP contribution >= 0.6 is 0 Å². The Bertz CT molecular complexity index is 315. The molecular formula is C15H27NO3. The number of carbonyl (C=O) groups excluding carboxylic acids is 1. The summed E-state index contributed by atoms with van der Waals surface area (Å²) < 4.78 is 0. The Kier molecular flexibility index (Phi) is 5.83. The maximum absolute atomic E-state index is 12.1. The molecule has 0 unspecified atom stereocenters. The summed E-state index contributed by atoms with van der Waals surface area (Å²) in [6.07, 6.45) is 5.24. The molecule has 1 rings (SSSR count). The molecule has 0 spiro atoms. The summed E-state index contributed by atoms with van der Waals surface area (Å²) in [6, 6.07) is 0. The van der Waals surface area contributed by atoms with Gasteiger partial charge in [-0.25, -0.2) is 0 Å². The molecule has 1 saturated carbocycles. The maximum atomic E-state index is 12.1. The normalized spacial score (nSPS) is 19.1. The van der Waals surface area contributed by atoms with E-state index in [4.69, 9.17) is 5.11 Å². The third-order valence-electron chi connectivity index (χ3n) is 4.25. The summed E-state index contributed by atoms with van der Waals surface area (Å²) in [7, 11) is 0. The number of amides is 1. The molecule has 0 aromatic rings. The Morgan fingerprint density at radius 1 is 1.26 bits per heavy atom. The molecule has 19 heavy (non-hydrogen) atoms. The average Bonchev–Trinajstić information content (AvgIpc) is 2.32. The number of hydrogen-bond donors (Lipinski definition) is 1. The first kappa shape index (κ1) is 16.0. The van der Waals surface area contributed by atoms with Crippen LogP contribution < -0.4 is 0 Å². The van der Waals surface area contributed by atoms with Crippen molar-refractivity contribution >= 4 is 11.9 Å². The van der Waals surface area contributed by atoms with Crippen molar-refractivity contribution in [3.8, 4) is 0 Å². The molecule has 0 aromatic carbocycles. The summed E-state index contributed by atoms with van der Waals surface area (Å²) in [4.78, 5) is 24.4. The van der Waals surface area contributed by atoms with Crippen molar-refractivity contribution in [1.29, 1.82) is 0 Å². The Labute approximate surface area is 116 Å². The second kappa shape index (κ2) is 6.92. The third-order valence-corrected chi connectivity index (χ3v) is 4.25. The van der Waals surface area contributed by atoms with Crippen molar-refractivity contribution in [1.82, 2.24) is 4.90 Å². The molecule has 4 heteroatoms. The van der Waals surface area contributed by atoms with Crippen LogP contribution in [0.2, 0.25) is 0 Å². The van der Waals surface area contributed by atoms with Gasteiger partial charge in [0.05, 0.1) is 6.42 Å². The first-order valence-electron chi connectivity index (χ1n) is 7.33. The van der Waals surface area contributed by atoms with Gasteiger partial charge >= 0.3 is 5.97 Å². The molecule has 1 amide bonds. The van der Waals surface area contributed by atoms with Crippen LogP contribution in [-0.2, 0) is 9.59 Å². The average molecular weight is 269 g/mol. The summed E-state index contributed by atoms with van der Waals surface area (Å²) in [6.45, 7) is 7.42. The zero-order valence-electron chi connectivity index (χ0n) is 12.4. The van der Waals surface area contributed by atoms with E-state index in [0.29, 0.717) is 30.8 Å². The Balaban J connectivity index is 2.38. The lowest BCUT2D eigenvalue weighted by Crippen LogP contribution is -2.35. The topological polar surface area (TPSA) is 57.6 Å². The Hall–Kier alpha value is -1.06. The van der Waals surface area contributed by atoms with E-state index in [2.05, 4.69) is 13.8 Å². The number of rotatable bonds is 6. The van der Waals surface area contributed by atoms with Crippen molar-refractivity contribution in [2.75, 3.05) is 13.1 Å². The predicted molar refractivity (Wildman–Crippen MR) is 74.9 cm³/mol. The number of carboxylic acid groups (broad SMARTS) is 1. The van der Waals surface area contributed by atoms with E-state index in [1.54, 1.807) is 4.90 Å². The summed E-state index contributed by atoms with van der Waals surface area (Å²) >= 11 is 0. The molecule has 4 nitrogen and oxygen atoms in total.